The predicted molar refractivity (Wildman–Crippen MR) is 46.0 cm³/mol. The first kappa shape index (κ1) is 8.07. The maximum atomic E-state index is 9.80. The van der Waals surface area contributed by atoms with Gasteiger partial charge in [0.15, 0.2) is 6.10 Å². The standard InChI is InChI=1S/C9H10N2O2/c1-11-7(4-5-10-11)9(12)8-3-2-6-13-8/h2-6,9,12H,1H3. The van der Waals surface area contributed by atoms with E-state index in [0.29, 0.717) is 5.76 Å². The van der Waals surface area contributed by atoms with Gasteiger partial charge < -0.3 is 9.52 Å². The van der Waals surface area contributed by atoms with E-state index in [1.807, 2.05) is 0 Å². The van der Waals surface area contributed by atoms with Crippen LogP contribution in [0.25, 0.3) is 0 Å². The summed E-state index contributed by atoms with van der Waals surface area (Å²) in [7, 11) is 1.78. The molecule has 1 N–H and O–H groups in total. The molecule has 13 heavy (non-hydrogen) atoms. The lowest BCUT2D eigenvalue weighted by atomic mass is 10.2. The lowest BCUT2D eigenvalue weighted by Gasteiger charge is -2.07. The van der Waals surface area contributed by atoms with Crippen molar-refractivity contribution in [3.63, 3.8) is 0 Å². The Hall–Kier alpha value is -1.55. The van der Waals surface area contributed by atoms with Crippen LogP contribution in [0.15, 0.2) is 35.1 Å². The van der Waals surface area contributed by atoms with E-state index in [9.17, 15) is 5.11 Å². The van der Waals surface area contributed by atoms with Crippen LogP contribution in [0.1, 0.15) is 17.6 Å². The van der Waals surface area contributed by atoms with E-state index < -0.39 is 6.10 Å². The summed E-state index contributed by atoms with van der Waals surface area (Å²) >= 11 is 0. The number of furan rings is 1. The predicted octanol–water partition coefficient (Wildman–Crippen LogP) is 1.09. The van der Waals surface area contributed by atoms with Crippen LogP contribution in [0.5, 0.6) is 0 Å². The van der Waals surface area contributed by atoms with Gasteiger partial charge in [-0.1, -0.05) is 0 Å². The topological polar surface area (TPSA) is 51.2 Å². The number of hydrogen-bond acceptors (Lipinski definition) is 3. The largest absolute Gasteiger partial charge is 0.466 e. The van der Waals surface area contributed by atoms with Crippen LogP contribution in [-0.2, 0) is 7.05 Å². The zero-order valence-corrected chi connectivity index (χ0v) is 7.21. The quantitative estimate of drug-likeness (QED) is 0.749. The van der Waals surface area contributed by atoms with Crippen molar-refractivity contribution in [1.82, 2.24) is 9.78 Å². The number of aliphatic hydroxyl groups is 1. The smallest absolute Gasteiger partial charge is 0.153 e. The number of aromatic nitrogens is 2. The average Bonchev–Trinajstić information content (AvgIpc) is 2.72. The highest BCUT2D eigenvalue weighted by molar-refractivity contribution is 5.16. The molecule has 0 fully saturated rings. The van der Waals surface area contributed by atoms with Crippen LogP contribution in [0.4, 0.5) is 0 Å². The summed E-state index contributed by atoms with van der Waals surface area (Å²) in [5.74, 6) is 0.531. The molecular weight excluding hydrogens is 168 g/mol. The van der Waals surface area contributed by atoms with Gasteiger partial charge in [-0.05, 0) is 18.2 Å². The van der Waals surface area contributed by atoms with Gasteiger partial charge in [-0.25, -0.2) is 0 Å². The lowest BCUT2D eigenvalue weighted by molar-refractivity contribution is 0.180. The molecular formula is C9H10N2O2. The van der Waals surface area contributed by atoms with Crippen molar-refractivity contribution in [3.05, 3.63) is 42.1 Å². The third-order valence-corrected chi connectivity index (χ3v) is 1.95. The first-order valence-electron chi connectivity index (χ1n) is 3.98. The molecule has 0 radical (unpaired) electrons. The van der Waals surface area contributed by atoms with Gasteiger partial charge in [0.2, 0.25) is 0 Å². The fourth-order valence-electron chi connectivity index (χ4n) is 1.24. The summed E-state index contributed by atoms with van der Waals surface area (Å²) in [6.07, 6.45) is 2.44. The lowest BCUT2D eigenvalue weighted by Crippen LogP contribution is -2.05. The molecule has 0 aliphatic heterocycles. The summed E-state index contributed by atoms with van der Waals surface area (Å²) < 4.78 is 6.70. The van der Waals surface area contributed by atoms with Crippen molar-refractivity contribution < 1.29 is 9.52 Å². The van der Waals surface area contributed by atoms with Crippen molar-refractivity contribution in [2.45, 2.75) is 6.10 Å². The molecule has 2 aromatic rings. The Kier molecular flexibility index (Phi) is 1.90. The van der Waals surface area contributed by atoms with Gasteiger partial charge in [-0.2, -0.15) is 5.10 Å². The van der Waals surface area contributed by atoms with E-state index in [-0.39, 0.29) is 0 Å². The molecule has 68 valence electrons. The van der Waals surface area contributed by atoms with Gasteiger partial charge in [-0.15, -0.1) is 0 Å². The van der Waals surface area contributed by atoms with Crippen molar-refractivity contribution >= 4 is 0 Å². The zero-order valence-electron chi connectivity index (χ0n) is 7.21. The summed E-state index contributed by atoms with van der Waals surface area (Å²) in [4.78, 5) is 0. The van der Waals surface area contributed by atoms with E-state index in [2.05, 4.69) is 5.10 Å². The second-order valence-electron chi connectivity index (χ2n) is 2.80. The summed E-state index contributed by atoms with van der Waals surface area (Å²) in [6.45, 7) is 0. The Labute approximate surface area is 75.4 Å². The highest BCUT2D eigenvalue weighted by Crippen LogP contribution is 2.20. The fourth-order valence-corrected chi connectivity index (χ4v) is 1.24. The van der Waals surface area contributed by atoms with Gasteiger partial charge in [0.05, 0.1) is 12.0 Å². The number of aryl methyl sites for hydroxylation is 1. The SMILES string of the molecule is Cn1nccc1C(O)c1ccco1. The first-order chi connectivity index (χ1) is 6.29. The highest BCUT2D eigenvalue weighted by atomic mass is 16.4. The van der Waals surface area contributed by atoms with Crippen LogP contribution < -0.4 is 0 Å². The Morgan fingerprint density at radius 3 is 2.92 bits per heavy atom. The molecule has 2 heterocycles. The molecule has 0 aliphatic rings. The summed E-state index contributed by atoms with van der Waals surface area (Å²) in [6, 6.07) is 5.24. The monoisotopic (exact) mass is 178 g/mol. The van der Waals surface area contributed by atoms with Gasteiger partial charge in [0, 0.05) is 13.2 Å². The van der Waals surface area contributed by atoms with Gasteiger partial charge in [0.1, 0.15) is 5.76 Å². The molecule has 0 bridgehead atoms. The van der Waals surface area contributed by atoms with Crippen molar-refractivity contribution in [1.29, 1.82) is 0 Å². The maximum absolute atomic E-state index is 9.80. The normalized spacial score (nSPS) is 13.1. The molecule has 1 atom stereocenters. The van der Waals surface area contributed by atoms with Crippen LogP contribution in [0.3, 0.4) is 0 Å². The zero-order chi connectivity index (χ0) is 9.26. The van der Waals surface area contributed by atoms with Crippen molar-refractivity contribution in [2.75, 3.05) is 0 Å². The Balaban J connectivity index is 2.33. The molecule has 2 aromatic heterocycles. The minimum absolute atomic E-state index is 0.531. The van der Waals surface area contributed by atoms with E-state index in [1.54, 1.807) is 36.1 Å². The molecule has 0 aromatic carbocycles. The maximum Gasteiger partial charge on any atom is 0.153 e. The van der Waals surface area contributed by atoms with Crippen molar-refractivity contribution in [3.8, 4) is 0 Å². The van der Waals surface area contributed by atoms with Crippen LogP contribution in [-0.4, -0.2) is 14.9 Å². The second kappa shape index (κ2) is 3.06. The number of hydrogen-bond donors (Lipinski definition) is 1. The second-order valence-corrected chi connectivity index (χ2v) is 2.80. The summed E-state index contributed by atoms with van der Waals surface area (Å²) in [5.41, 5.74) is 0.718. The highest BCUT2D eigenvalue weighted by Gasteiger charge is 2.15. The number of aliphatic hydroxyl groups excluding tert-OH is 1. The van der Waals surface area contributed by atoms with Gasteiger partial charge in [-0.3, -0.25) is 4.68 Å². The number of nitrogens with zero attached hydrogens (tertiary/aromatic N) is 2. The molecule has 1 unspecified atom stereocenters. The summed E-state index contributed by atoms with van der Waals surface area (Å²) in [5, 5.41) is 13.8. The number of rotatable bonds is 2. The van der Waals surface area contributed by atoms with Gasteiger partial charge in [0.25, 0.3) is 0 Å². The Morgan fingerprint density at radius 1 is 1.54 bits per heavy atom. The molecule has 4 nitrogen and oxygen atoms in total. The van der Waals surface area contributed by atoms with E-state index >= 15 is 0 Å². The Morgan fingerprint density at radius 2 is 2.38 bits per heavy atom. The fraction of sp³-hybridized carbons (Fsp3) is 0.222. The van der Waals surface area contributed by atoms with Gasteiger partial charge >= 0.3 is 0 Å². The van der Waals surface area contributed by atoms with E-state index in [1.165, 1.54) is 6.26 Å². The van der Waals surface area contributed by atoms with Crippen molar-refractivity contribution in [2.24, 2.45) is 7.05 Å². The molecule has 0 saturated carbocycles. The molecule has 0 aliphatic carbocycles. The van der Waals surface area contributed by atoms with Crippen LogP contribution in [0, 0.1) is 0 Å². The van der Waals surface area contributed by atoms with Crippen LogP contribution >= 0.6 is 0 Å². The molecule has 2 rings (SSSR count). The third-order valence-electron chi connectivity index (χ3n) is 1.95. The molecule has 0 amide bonds. The minimum Gasteiger partial charge on any atom is -0.466 e. The van der Waals surface area contributed by atoms with E-state index in [0.717, 1.165) is 5.69 Å². The molecule has 0 spiro atoms. The minimum atomic E-state index is -0.734. The Bertz CT molecular complexity index is 378. The van der Waals surface area contributed by atoms with E-state index in [4.69, 9.17) is 4.42 Å². The van der Waals surface area contributed by atoms with Crippen LogP contribution in [0.2, 0.25) is 0 Å². The first-order valence-corrected chi connectivity index (χ1v) is 3.98. The average molecular weight is 178 g/mol. The third kappa shape index (κ3) is 1.36. The molecule has 0 saturated heterocycles. The molecule has 4 heteroatoms.